The van der Waals surface area contributed by atoms with E-state index in [-0.39, 0.29) is 23.1 Å². The predicted octanol–water partition coefficient (Wildman–Crippen LogP) is 1.97. The number of carboxylic acids is 1. The normalized spacial score (nSPS) is 21.5. The zero-order valence-corrected chi connectivity index (χ0v) is 14.3. The third-order valence-corrected chi connectivity index (χ3v) is 5.92. The Morgan fingerprint density at radius 1 is 1.33 bits per heavy atom. The number of nitrogens with one attached hydrogen (secondary N) is 1. The van der Waals surface area contributed by atoms with Crippen LogP contribution in [0.15, 0.2) is 16.8 Å². The van der Waals surface area contributed by atoms with Crippen molar-refractivity contribution < 1.29 is 19.5 Å². The molecule has 2 heterocycles. The maximum Gasteiger partial charge on any atom is 0.307 e. The van der Waals surface area contributed by atoms with Crippen molar-refractivity contribution in [2.75, 3.05) is 19.6 Å². The second-order valence-electron chi connectivity index (χ2n) is 6.71. The van der Waals surface area contributed by atoms with E-state index in [2.05, 4.69) is 5.32 Å². The molecular formula is C17H22N2O4S. The first-order valence-corrected chi connectivity index (χ1v) is 9.27. The lowest BCUT2D eigenvalue weighted by molar-refractivity contribution is -0.139. The number of likely N-dealkylation sites (tertiary alicyclic amines) is 1. The van der Waals surface area contributed by atoms with Crippen molar-refractivity contribution >= 4 is 29.1 Å². The van der Waals surface area contributed by atoms with Gasteiger partial charge in [-0.3, -0.25) is 14.4 Å². The average molecular weight is 350 g/mol. The minimum atomic E-state index is -0.698. The molecule has 0 radical (unpaired) electrons. The van der Waals surface area contributed by atoms with Gasteiger partial charge in [0.2, 0.25) is 5.91 Å². The SMILES string of the molecule is O=C(NCCCC(=O)N1CCC2(CC1)CC2C(=O)O)c1ccsc1. The number of carbonyl (C=O) groups is 3. The average Bonchev–Trinajstić information content (AvgIpc) is 3.01. The molecule has 1 saturated carbocycles. The smallest absolute Gasteiger partial charge is 0.307 e. The first-order valence-electron chi connectivity index (χ1n) is 8.33. The van der Waals surface area contributed by atoms with Crippen LogP contribution in [0.5, 0.6) is 0 Å². The summed E-state index contributed by atoms with van der Waals surface area (Å²) in [6, 6.07) is 1.77. The summed E-state index contributed by atoms with van der Waals surface area (Å²) in [5, 5.41) is 15.6. The van der Waals surface area contributed by atoms with Gasteiger partial charge in [-0.2, -0.15) is 11.3 Å². The van der Waals surface area contributed by atoms with Crippen molar-refractivity contribution in [3.63, 3.8) is 0 Å². The molecule has 1 unspecified atom stereocenters. The number of carboxylic acid groups (broad SMARTS) is 1. The van der Waals surface area contributed by atoms with Gasteiger partial charge in [-0.1, -0.05) is 0 Å². The number of thiophene rings is 1. The Labute approximate surface area is 144 Å². The monoisotopic (exact) mass is 350 g/mol. The van der Waals surface area contributed by atoms with Crippen LogP contribution in [-0.2, 0) is 9.59 Å². The molecule has 0 bridgehead atoms. The first kappa shape index (κ1) is 17.0. The van der Waals surface area contributed by atoms with Gasteiger partial charge in [-0.25, -0.2) is 0 Å². The van der Waals surface area contributed by atoms with Gasteiger partial charge < -0.3 is 15.3 Å². The molecule has 6 nitrogen and oxygen atoms in total. The van der Waals surface area contributed by atoms with Crippen LogP contribution in [0, 0.1) is 11.3 Å². The Morgan fingerprint density at radius 2 is 2.08 bits per heavy atom. The number of carbonyl (C=O) groups excluding carboxylic acids is 2. The maximum absolute atomic E-state index is 12.2. The zero-order valence-electron chi connectivity index (χ0n) is 13.5. The van der Waals surface area contributed by atoms with Gasteiger partial charge in [-0.05, 0) is 42.5 Å². The van der Waals surface area contributed by atoms with E-state index in [1.54, 1.807) is 11.4 Å². The quantitative estimate of drug-likeness (QED) is 0.768. The lowest BCUT2D eigenvalue weighted by Gasteiger charge is -2.32. The van der Waals surface area contributed by atoms with Crippen molar-refractivity contribution in [2.45, 2.75) is 32.1 Å². The molecule has 3 rings (SSSR count). The molecule has 24 heavy (non-hydrogen) atoms. The number of piperidine rings is 1. The van der Waals surface area contributed by atoms with Crippen LogP contribution >= 0.6 is 11.3 Å². The third kappa shape index (κ3) is 3.61. The molecule has 2 amide bonds. The van der Waals surface area contributed by atoms with E-state index in [0.29, 0.717) is 38.0 Å². The van der Waals surface area contributed by atoms with Gasteiger partial charge in [0.1, 0.15) is 0 Å². The lowest BCUT2D eigenvalue weighted by Crippen LogP contribution is -2.40. The van der Waals surface area contributed by atoms with E-state index in [1.807, 2.05) is 10.3 Å². The molecule has 2 fully saturated rings. The van der Waals surface area contributed by atoms with E-state index in [4.69, 9.17) is 5.11 Å². The van der Waals surface area contributed by atoms with Crippen LogP contribution in [0.1, 0.15) is 42.5 Å². The van der Waals surface area contributed by atoms with Gasteiger partial charge in [0.25, 0.3) is 5.91 Å². The van der Waals surface area contributed by atoms with Crippen molar-refractivity contribution in [3.8, 4) is 0 Å². The maximum atomic E-state index is 12.2. The van der Waals surface area contributed by atoms with Crippen molar-refractivity contribution in [1.29, 1.82) is 0 Å². The van der Waals surface area contributed by atoms with Crippen molar-refractivity contribution in [2.24, 2.45) is 11.3 Å². The highest BCUT2D eigenvalue weighted by atomic mass is 32.1. The number of nitrogens with zero attached hydrogens (tertiary/aromatic N) is 1. The number of amides is 2. The fourth-order valence-corrected chi connectivity index (χ4v) is 4.18. The van der Waals surface area contributed by atoms with Crippen LogP contribution in [0.4, 0.5) is 0 Å². The van der Waals surface area contributed by atoms with E-state index >= 15 is 0 Å². The fraction of sp³-hybridized carbons (Fsp3) is 0.588. The summed E-state index contributed by atoms with van der Waals surface area (Å²) in [4.78, 5) is 36.9. The molecule has 1 aromatic heterocycles. The Hall–Kier alpha value is -1.89. The second kappa shape index (κ2) is 6.93. The van der Waals surface area contributed by atoms with Gasteiger partial charge in [0.15, 0.2) is 0 Å². The number of hydrogen-bond donors (Lipinski definition) is 2. The Morgan fingerprint density at radius 3 is 2.67 bits per heavy atom. The molecule has 2 aliphatic rings. The summed E-state index contributed by atoms with van der Waals surface area (Å²) >= 11 is 1.48. The molecule has 1 saturated heterocycles. The number of rotatable bonds is 6. The largest absolute Gasteiger partial charge is 0.481 e. The predicted molar refractivity (Wildman–Crippen MR) is 89.9 cm³/mol. The van der Waals surface area contributed by atoms with Crippen molar-refractivity contribution in [1.82, 2.24) is 10.2 Å². The van der Waals surface area contributed by atoms with Crippen LogP contribution < -0.4 is 5.32 Å². The van der Waals surface area contributed by atoms with Crippen molar-refractivity contribution in [3.05, 3.63) is 22.4 Å². The summed E-state index contributed by atoms with van der Waals surface area (Å²) in [5.41, 5.74) is 0.613. The Bertz CT molecular complexity index is 621. The van der Waals surface area contributed by atoms with Gasteiger partial charge >= 0.3 is 5.97 Å². The van der Waals surface area contributed by atoms with Crippen LogP contribution in [0.2, 0.25) is 0 Å². The van der Waals surface area contributed by atoms with Crippen LogP contribution in [0.25, 0.3) is 0 Å². The van der Waals surface area contributed by atoms with E-state index < -0.39 is 5.97 Å². The minimum absolute atomic E-state index is 0.0445. The standard InChI is InChI=1S/C17H22N2O4S/c20-14(2-1-6-18-15(21)12-3-9-24-11-12)19-7-4-17(5-8-19)10-13(17)16(22)23/h3,9,11,13H,1-2,4-8,10H2,(H,18,21)(H,22,23). The van der Waals surface area contributed by atoms with Crippen LogP contribution in [0.3, 0.4) is 0 Å². The molecule has 130 valence electrons. The molecule has 0 aromatic carbocycles. The molecular weight excluding hydrogens is 328 g/mol. The van der Waals surface area contributed by atoms with Crippen LogP contribution in [-0.4, -0.2) is 47.4 Å². The summed E-state index contributed by atoms with van der Waals surface area (Å²) < 4.78 is 0. The molecule has 7 heteroatoms. The van der Waals surface area contributed by atoms with E-state index in [1.165, 1.54) is 11.3 Å². The van der Waals surface area contributed by atoms with Gasteiger partial charge in [-0.15, -0.1) is 0 Å². The second-order valence-corrected chi connectivity index (χ2v) is 7.49. The Kier molecular flexibility index (Phi) is 4.89. The van der Waals surface area contributed by atoms with E-state index in [9.17, 15) is 14.4 Å². The zero-order chi connectivity index (χ0) is 17.2. The van der Waals surface area contributed by atoms with E-state index in [0.717, 1.165) is 19.3 Å². The molecule has 1 aliphatic heterocycles. The summed E-state index contributed by atoms with van der Waals surface area (Å²) in [6.07, 6.45) is 3.39. The summed E-state index contributed by atoms with van der Waals surface area (Å²) in [6.45, 7) is 1.80. The van der Waals surface area contributed by atoms with Gasteiger partial charge in [0, 0.05) is 37.0 Å². The number of hydrogen-bond acceptors (Lipinski definition) is 4. The summed E-state index contributed by atoms with van der Waals surface area (Å²) in [7, 11) is 0. The molecule has 1 aromatic rings. The topological polar surface area (TPSA) is 86.7 Å². The fourth-order valence-electron chi connectivity index (χ4n) is 3.55. The Balaban J connectivity index is 1.33. The molecule has 2 N–H and O–H groups in total. The highest BCUT2D eigenvalue weighted by Gasteiger charge is 2.59. The minimum Gasteiger partial charge on any atom is -0.481 e. The summed E-state index contributed by atoms with van der Waals surface area (Å²) in [5.74, 6) is -0.905. The lowest BCUT2D eigenvalue weighted by atomic mass is 9.90. The molecule has 1 atom stereocenters. The molecule has 1 spiro atoms. The van der Waals surface area contributed by atoms with Gasteiger partial charge in [0.05, 0.1) is 5.92 Å². The third-order valence-electron chi connectivity index (χ3n) is 5.24. The first-order chi connectivity index (χ1) is 11.5. The molecule has 1 aliphatic carbocycles. The highest BCUT2D eigenvalue weighted by molar-refractivity contribution is 7.08. The number of aliphatic carboxylic acids is 1. The highest BCUT2D eigenvalue weighted by Crippen LogP contribution is 2.59.